The normalized spacial score (nSPS) is 12.1. The molecule has 0 atom stereocenters. The van der Waals surface area contributed by atoms with E-state index in [1.807, 2.05) is 24.3 Å². The number of hydrogen-bond acceptors (Lipinski definition) is 3. The molecular formula is C45H26N4. The van der Waals surface area contributed by atoms with Gasteiger partial charge in [0, 0.05) is 27.3 Å². The maximum atomic E-state index is 5.27. The zero-order chi connectivity index (χ0) is 32.1. The van der Waals surface area contributed by atoms with Crippen molar-refractivity contribution >= 4 is 64.9 Å². The molecule has 0 aliphatic carbocycles. The van der Waals surface area contributed by atoms with Crippen LogP contribution in [0.5, 0.6) is 0 Å². The van der Waals surface area contributed by atoms with E-state index in [4.69, 9.17) is 15.0 Å². The maximum absolute atomic E-state index is 5.27. The fraction of sp³-hybridized carbons (Fsp3) is 0. The van der Waals surface area contributed by atoms with Crippen LogP contribution in [-0.4, -0.2) is 19.5 Å². The Morgan fingerprint density at radius 3 is 1.57 bits per heavy atom. The minimum Gasteiger partial charge on any atom is -0.278 e. The Hall–Kier alpha value is -6.65. The van der Waals surface area contributed by atoms with Crippen molar-refractivity contribution in [2.24, 2.45) is 0 Å². The predicted molar refractivity (Wildman–Crippen MR) is 203 cm³/mol. The van der Waals surface area contributed by atoms with Gasteiger partial charge in [-0.25, -0.2) is 4.98 Å². The molecule has 0 fully saturated rings. The van der Waals surface area contributed by atoms with Gasteiger partial charge in [0.15, 0.2) is 11.6 Å². The van der Waals surface area contributed by atoms with Gasteiger partial charge in [-0.05, 0) is 67.0 Å². The van der Waals surface area contributed by atoms with Gasteiger partial charge in [-0.2, -0.15) is 9.97 Å². The number of fused-ring (bicyclic) bond motifs is 4. The number of rotatable bonds is 4. The van der Waals surface area contributed by atoms with Gasteiger partial charge in [-0.3, -0.25) is 4.57 Å². The monoisotopic (exact) mass is 622 g/mol. The van der Waals surface area contributed by atoms with Crippen molar-refractivity contribution in [3.05, 3.63) is 158 Å². The molecule has 0 aliphatic rings. The highest BCUT2D eigenvalue weighted by Gasteiger charge is 2.25. The van der Waals surface area contributed by atoms with E-state index in [1.165, 1.54) is 53.9 Å². The molecule has 49 heavy (non-hydrogen) atoms. The van der Waals surface area contributed by atoms with Gasteiger partial charge in [0.25, 0.3) is 0 Å². The highest BCUT2D eigenvalue weighted by Crippen LogP contribution is 2.49. The SMILES string of the molecule is c1ccc(-c2cccc(-c3nc(-c4ccccc4)nc(-n4c5cccc6c7cccc8c9ccccc9c9ccc4c(c9c87)c65)n3)c2)cc1. The molecule has 2 aromatic heterocycles. The van der Waals surface area contributed by atoms with Crippen LogP contribution in [0.4, 0.5) is 0 Å². The van der Waals surface area contributed by atoms with Gasteiger partial charge < -0.3 is 0 Å². The van der Waals surface area contributed by atoms with Crippen LogP contribution in [0.25, 0.3) is 105 Å². The summed E-state index contributed by atoms with van der Waals surface area (Å²) in [7, 11) is 0. The molecule has 0 saturated carbocycles. The molecule has 0 saturated heterocycles. The maximum Gasteiger partial charge on any atom is 0.238 e. The highest BCUT2D eigenvalue weighted by atomic mass is 15.2. The van der Waals surface area contributed by atoms with Crippen LogP contribution < -0.4 is 0 Å². The first kappa shape index (κ1) is 26.4. The number of hydrogen-bond donors (Lipinski definition) is 0. The van der Waals surface area contributed by atoms with E-state index in [2.05, 4.69) is 138 Å². The molecule has 2 heterocycles. The Bertz CT molecular complexity index is 3030. The smallest absolute Gasteiger partial charge is 0.238 e. The van der Waals surface area contributed by atoms with Crippen LogP contribution >= 0.6 is 0 Å². The zero-order valence-corrected chi connectivity index (χ0v) is 26.3. The molecule has 11 rings (SSSR count). The summed E-state index contributed by atoms with van der Waals surface area (Å²) in [6, 6.07) is 55.9. The molecule has 4 nitrogen and oxygen atoms in total. The van der Waals surface area contributed by atoms with Crippen LogP contribution in [0.1, 0.15) is 0 Å². The van der Waals surface area contributed by atoms with Gasteiger partial charge in [0.2, 0.25) is 5.95 Å². The van der Waals surface area contributed by atoms with E-state index < -0.39 is 0 Å². The second-order valence-corrected chi connectivity index (χ2v) is 12.8. The quantitative estimate of drug-likeness (QED) is 0.145. The summed E-state index contributed by atoms with van der Waals surface area (Å²) < 4.78 is 2.25. The second kappa shape index (κ2) is 9.93. The van der Waals surface area contributed by atoms with Gasteiger partial charge in [-0.1, -0.05) is 140 Å². The van der Waals surface area contributed by atoms with Gasteiger partial charge in [-0.15, -0.1) is 0 Å². The zero-order valence-electron chi connectivity index (χ0n) is 26.3. The predicted octanol–water partition coefficient (Wildman–Crippen LogP) is 11.5. The summed E-state index contributed by atoms with van der Waals surface area (Å²) in [4.78, 5) is 15.6. The van der Waals surface area contributed by atoms with Crippen molar-refractivity contribution in [2.45, 2.75) is 0 Å². The molecule has 0 bridgehead atoms. The summed E-state index contributed by atoms with van der Waals surface area (Å²) >= 11 is 0. The van der Waals surface area contributed by atoms with E-state index in [0.717, 1.165) is 33.3 Å². The van der Waals surface area contributed by atoms with Crippen molar-refractivity contribution in [1.29, 1.82) is 0 Å². The first-order chi connectivity index (χ1) is 24.3. The molecule has 0 spiro atoms. The standard InChI is InChI=1S/C45H26N4/c1-3-12-27(13-4-1)29-16-9-17-30(26-29)44-46-43(28-14-5-2-6-15-28)47-45(48-44)49-37-23-11-22-35-34-21-10-20-33-31-18-7-8-19-32(31)36-24-25-38(49)42(40(35)37)41(36)39(33)34/h1-26H. The van der Waals surface area contributed by atoms with Crippen LogP contribution in [0.2, 0.25) is 0 Å². The third kappa shape index (κ3) is 3.71. The summed E-state index contributed by atoms with van der Waals surface area (Å²) in [5.41, 5.74) is 6.34. The van der Waals surface area contributed by atoms with Crippen LogP contribution in [-0.2, 0) is 0 Å². The number of nitrogens with zero attached hydrogens (tertiary/aromatic N) is 4. The Kier molecular flexibility index (Phi) is 5.35. The lowest BCUT2D eigenvalue weighted by Crippen LogP contribution is -2.06. The van der Waals surface area contributed by atoms with Crippen molar-refractivity contribution in [2.75, 3.05) is 0 Å². The van der Waals surface area contributed by atoms with E-state index in [-0.39, 0.29) is 0 Å². The van der Waals surface area contributed by atoms with Gasteiger partial charge >= 0.3 is 0 Å². The molecule has 0 amide bonds. The lowest BCUT2D eigenvalue weighted by atomic mass is 9.86. The molecule has 0 aliphatic heterocycles. The Morgan fingerprint density at radius 2 is 0.816 bits per heavy atom. The first-order valence-corrected chi connectivity index (χ1v) is 16.6. The largest absolute Gasteiger partial charge is 0.278 e. The lowest BCUT2D eigenvalue weighted by Gasteiger charge is -2.16. The topological polar surface area (TPSA) is 43.6 Å². The minimum absolute atomic E-state index is 0.605. The van der Waals surface area contributed by atoms with E-state index in [9.17, 15) is 0 Å². The molecule has 11 aromatic rings. The van der Waals surface area contributed by atoms with E-state index in [0.29, 0.717) is 17.6 Å². The lowest BCUT2D eigenvalue weighted by molar-refractivity contribution is 0.954. The Morgan fingerprint density at radius 1 is 0.306 bits per heavy atom. The fourth-order valence-electron chi connectivity index (χ4n) is 8.08. The highest BCUT2D eigenvalue weighted by molar-refractivity contribution is 6.44. The van der Waals surface area contributed by atoms with Crippen molar-refractivity contribution in [3.8, 4) is 39.9 Å². The summed E-state index contributed by atoms with van der Waals surface area (Å²) in [5, 5.41) is 12.8. The molecular weight excluding hydrogens is 597 g/mol. The average Bonchev–Trinajstić information content (AvgIpc) is 3.53. The molecule has 0 N–H and O–H groups in total. The van der Waals surface area contributed by atoms with Crippen molar-refractivity contribution in [3.63, 3.8) is 0 Å². The minimum atomic E-state index is 0.605. The first-order valence-electron chi connectivity index (χ1n) is 16.6. The molecule has 226 valence electrons. The van der Waals surface area contributed by atoms with Gasteiger partial charge in [0.1, 0.15) is 0 Å². The van der Waals surface area contributed by atoms with Crippen LogP contribution in [0.15, 0.2) is 158 Å². The molecule has 0 unspecified atom stereocenters. The van der Waals surface area contributed by atoms with Gasteiger partial charge in [0.05, 0.1) is 11.0 Å². The van der Waals surface area contributed by atoms with E-state index in [1.54, 1.807) is 0 Å². The third-order valence-electron chi connectivity index (χ3n) is 10.2. The third-order valence-corrected chi connectivity index (χ3v) is 10.2. The Balaban J connectivity index is 1.26. The molecule has 4 heteroatoms. The second-order valence-electron chi connectivity index (χ2n) is 12.8. The average molecular weight is 623 g/mol. The van der Waals surface area contributed by atoms with Crippen molar-refractivity contribution < 1.29 is 0 Å². The van der Waals surface area contributed by atoms with Crippen LogP contribution in [0.3, 0.4) is 0 Å². The summed E-state index contributed by atoms with van der Waals surface area (Å²) in [5.74, 6) is 1.89. The molecule has 9 aromatic carbocycles. The Labute approximate surface area is 281 Å². The van der Waals surface area contributed by atoms with Crippen molar-refractivity contribution in [1.82, 2.24) is 19.5 Å². The fourth-order valence-corrected chi connectivity index (χ4v) is 8.08. The summed E-state index contributed by atoms with van der Waals surface area (Å²) in [6.45, 7) is 0. The van der Waals surface area contributed by atoms with E-state index >= 15 is 0 Å². The number of aromatic nitrogens is 4. The number of benzene rings is 9. The summed E-state index contributed by atoms with van der Waals surface area (Å²) in [6.07, 6.45) is 0. The molecule has 0 radical (unpaired) electrons. The van der Waals surface area contributed by atoms with Crippen LogP contribution in [0, 0.1) is 0 Å².